The normalized spacial score (nSPS) is 13.6. The van der Waals surface area contributed by atoms with Crippen molar-refractivity contribution >= 4 is 35.0 Å². The van der Waals surface area contributed by atoms with E-state index in [2.05, 4.69) is 30.8 Å². The molecule has 0 unspecified atom stereocenters. The third-order valence-corrected chi connectivity index (χ3v) is 4.12. The van der Waals surface area contributed by atoms with Gasteiger partial charge in [-0.1, -0.05) is 17.7 Å². The van der Waals surface area contributed by atoms with Crippen LogP contribution < -0.4 is 20.9 Å². The molecule has 25 heavy (non-hydrogen) atoms. The Balaban J connectivity index is 1.41. The Bertz CT molecular complexity index is 720. The van der Waals surface area contributed by atoms with E-state index in [4.69, 9.17) is 11.6 Å². The minimum absolute atomic E-state index is 0.274. The minimum Gasteiger partial charge on any atom is -0.368 e. The van der Waals surface area contributed by atoms with Gasteiger partial charge in [-0.05, 0) is 31.0 Å². The predicted molar refractivity (Wildman–Crippen MR) is 100 cm³/mol. The lowest BCUT2D eigenvalue weighted by Gasteiger charge is -2.16. The van der Waals surface area contributed by atoms with Crippen LogP contribution in [0.15, 0.2) is 36.7 Å². The summed E-state index contributed by atoms with van der Waals surface area (Å²) in [6.45, 7) is 3.12. The molecule has 1 aliphatic rings. The molecule has 132 valence electrons. The van der Waals surface area contributed by atoms with Crippen molar-refractivity contribution in [1.82, 2.24) is 15.3 Å². The number of rotatable bonds is 6. The van der Waals surface area contributed by atoms with E-state index in [1.165, 1.54) is 12.8 Å². The molecule has 1 aromatic heterocycles. The number of aromatic nitrogens is 2. The summed E-state index contributed by atoms with van der Waals surface area (Å²) in [4.78, 5) is 22.6. The minimum atomic E-state index is -0.274. The molecule has 0 aliphatic carbocycles. The summed E-state index contributed by atoms with van der Waals surface area (Å²) in [7, 11) is 0. The van der Waals surface area contributed by atoms with Crippen LogP contribution in [0.1, 0.15) is 12.8 Å². The number of anilines is 3. The Kier molecular flexibility index (Phi) is 5.90. The SMILES string of the molecule is O=C(NCCNc1cc(N2CCCC2)ncn1)Nc1cccc(Cl)c1. The molecule has 0 bridgehead atoms. The number of halogens is 1. The number of nitrogens with zero attached hydrogens (tertiary/aromatic N) is 3. The number of carbonyl (C=O) groups is 1. The van der Waals surface area contributed by atoms with Crippen molar-refractivity contribution in [2.24, 2.45) is 0 Å². The molecule has 2 heterocycles. The first kappa shape index (κ1) is 17.3. The van der Waals surface area contributed by atoms with Crippen LogP contribution in [0.2, 0.25) is 5.02 Å². The molecule has 0 saturated carbocycles. The molecular weight excluding hydrogens is 340 g/mol. The van der Waals surface area contributed by atoms with Gasteiger partial charge in [0.1, 0.15) is 18.0 Å². The third kappa shape index (κ3) is 5.22. The van der Waals surface area contributed by atoms with Crippen molar-refractivity contribution < 1.29 is 4.79 Å². The molecule has 0 radical (unpaired) electrons. The van der Waals surface area contributed by atoms with Gasteiger partial charge in [-0.3, -0.25) is 0 Å². The molecule has 7 nitrogen and oxygen atoms in total. The second-order valence-electron chi connectivity index (χ2n) is 5.77. The summed E-state index contributed by atoms with van der Waals surface area (Å²) in [5, 5.41) is 9.29. The summed E-state index contributed by atoms with van der Waals surface area (Å²) in [6.07, 6.45) is 3.98. The quantitative estimate of drug-likeness (QED) is 0.690. The summed E-state index contributed by atoms with van der Waals surface area (Å²) < 4.78 is 0. The van der Waals surface area contributed by atoms with E-state index in [9.17, 15) is 4.79 Å². The number of hydrogen-bond acceptors (Lipinski definition) is 5. The molecule has 1 aliphatic heterocycles. The van der Waals surface area contributed by atoms with Crippen LogP contribution in [0.3, 0.4) is 0 Å². The van der Waals surface area contributed by atoms with Crippen LogP contribution in [-0.2, 0) is 0 Å². The topological polar surface area (TPSA) is 82.2 Å². The van der Waals surface area contributed by atoms with Crippen molar-refractivity contribution in [3.05, 3.63) is 41.7 Å². The molecule has 1 aromatic carbocycles. The van der Waals surface area contributed by atoms with Gasteiger partial charge >= 0.3 is 6.03 Å². The first-order chi connectivity index (χ1) is 12.2. The number of carbonyl (C=O) groups excluding carboxylic acids is 1. The van der Waals surface area contributed by atoms with Crippen LogP contribution in [0, 0.1) is 0 Å². The van der Waals surface area contributed by atoms with Gasteiger partial charge in [-0.2, -0.15) is 0 Å². The van der Waals surface area contributed by atoms with Crippen LogP contribution in [-0.4, -0.2) is 42.2 Å². The molecule has 2 amide bonds. The maximum absolute atomic E-state index is 11.8. The number of amides is 2. The summed E-state index contributed by atoms with van der Waals surface area (Å²) in [5.41, 5.74) is 0.656. The van der Waals surface area contributed by atoms with Crippen molar-refractivity contribution in [1.29, 1.82) is 0 Å². The van der Waals surface area contributed by atoms with Gasteiger partial charge in [0, 0.05) is 43.0 Å². The maximum atomic E-state index is 11.8. The van der Waals surface area contributed by atoms with Crippen LogP contribution in [0.25, 0.3) is 0 Å². The van der Waals surface area contributed by atoms with E-state index < -0.39 is 0 Å². The highest BCUT2D eigenvalue weighted by Gasteiger charge is 2.13. The van der Waals surface area contributed by atoms with Crippen molar-refractivity contribution in [3.63, 3.8) is 0 Å². The average Bonchev–Trinajstić information content (AvgIpc) is 3.14. The van der Waals surface area contributed by atoms with Crippen molar-refractivity contribution in [2.45, 2.75) is 12.8 Å². The maximum Gasteiger partial charge on any atom is 0.319 e. The van der Waals surface area contributed by atoms with E-state index in [-0.39, 0.29) is 6.03 Å². The summed E-state index contributed by atoms with van der Waals surface area (Å²) in [6, 6.07) is 8.69. The highest BCUT2D eigenvalue weighted by Crippen LogP contribution is 2.19. The second kappa shape index (κ2) is 8.53. The molecule has 1 saturated heterocycles. The van der Waals surface area contributed by atoms with Gasteiger partial charge < -0.3 is 20.9 Å². The molecule has 3 rings (SSSR count). The molecule has 8 heteroatoms. The van der Waals surface area contributed by atoms with Crippen molar-refractivity contribution in [2.75, 3.05) is 41.7 Å². The Hall–Kier alpha value is -2.54. The van der Waals surface area contributed by atoms with E-state index >= 15 is 0 Å². The lowest BCUT2D eigenvalue weighted by atomic mass is 10.3. The zero-order valence-electron chi connectivity index (χ0n) is 13.8. The second-order valence-corrected chi connectivity index (χ2v) is 6.21. The zero-order valence-corrected chi connectivity index (χ0v) is 14.6. The lowest BCUT2D eigenvalue weighted by Crippen LogP contribution is -2.32. The Morgan fingerprint density at radius 3 is 2.80 bits per heavy atom. The van der Waals surface area contributed by atoms with Crippen LogP contribution in [0.5, 0.6) is 0 Å². The number of nitrogens with one attached hydrogen (secondary N) is 3. The Morgan fingerprint density at radius 2 is 2.00 bits per heavy atom. The predicted octanol–water partition coefficient (Wildman–Crippen LogP) is 2.96. The Morgan fingerprint density at radius 1 is 1.16 bits per heavy atom. The zero-order chi connectivity index (χ0) is 17.5. The van der Waals surface area contributed by atoms with E-state index in [1.54, 1.807) is 30.6 Å². The van der Waals surface area contributed by atoms with Gasteiger partial charge in [-0.25, -0.2) is 14.8 Å². The van der Waals surface area contributed by atoms with Crippen LogP contribution >= 0.6 is 11.6 Å². The average molecular weight is 361 g/mol. The first-order valence-electron chi connectivity index (χ1n) is 8.32. The van der Waals surface area contributed by atoms with E-state index in [0.29, 0.717) is 23.8 Å². The van der Waals surface area contributed by atoms with Gasteiger partial charge in [0.05, 0.1) is 0 Å². The van der Waals surface area contributed by atoms with Gasteiger partial charge in [-0.15, -0.1) is 0 Å². The van der Waals surface area contributed by atoms with E-state index in [1.807, 2.05) is 6.07 Å². The van der Waals surface area contributed by atoms with Gasteiger partial charge in [0.15, 0.2) is 0 Å². The summed E-state index contributed by atoms with van der Waals surface area (Å²) >= 11 is 5.89. The van der Waals surface area contributed by atoms with Gasteiger partial charge in [0.25, 0.3) is 0 Å². The number of urea groups is 1. The molecule has 1 fully saturated rings. The fourth-order valence-electron chi connectivity index (χ4n) is 2.67. The van der Waals surface area contributed by atoms with Crippen LogP contribution in [0.4, 0.5) is 22.1 Å². The highest BCUT2D eigenvalue weighted by atomic mass is 35.5. The van der Waals surface area contributed by atoms with Crippen molar-refractivity contribution in [3.8, 4) is 0 Å². The molecule has 3 N–H and O–H groups in total. The smallest absolute Gasteiger partial charge is 0.319 e. The first-order valence-corrected chi connectivity index (χ1v) is 8.70. The molecule has 0 atom stereocenters. The standard InChI is InChI=1S/C17H21ClN6O/c18-13-4-3-5-14(10-13)23-17(25)20-7-6-19-15-11-16(22-12-21-15)24-8-1-2-9-24/h3-5,10-12H,1-2,6-9H2,(H,19,21,22)(H2,20,23,25). The van der Waals surface area contributed by atoms with Gasteiger partial charge in [0.2, 0.25) is 0 Å². The number of benzene rings is 1. The number of hydrogen-bond donors (Lipinski definition) is 3. The molecule has 2 aromatic rings. The third-order valence-electron chi connectivity index (χ3n) is 3.88. The highest BCUT2D eigenvalue weighted by molar-refractivity contribution is 6.30. The molecule has 0 spiro atoms. The van der Waals surface area contributed by atoms with E-state index in [0.717, 1.165) is 24.7 Å². The monoisotopic (exact) mass is 360 g/mol. The molecular formula is C17H21ClN6O. The fourth-order valence-corrected chi connectivity index (χ4v) is 2.86. The Labute approximate surface area is 151 Å². The fraction of sp³-hybridized carbons (Fsp3) is 0.353. The lowest BCUT2D eigenvalue weighted by molar-refractivity contribution is 0.252. The summed E-state index contributed by atoms with van der Waals surface area (Å²) in [5.74, 6) is 1.70. The largest absolute Gasteiger partial charge is 0.368 e.